The fraction of sp³-hybridized carbons (Fsp3) is 0.250. The van der Waals surface area contributed by atoms with Crippen molar-refractivity contribution in [3.05, 3.63) is 47.6 Å². The van der Waals surface area contributed by atoms with Gasteiger partial charge in [0.2, 0.25) is 5.91 Å². The molecule has 0 heterocycles. The molecule has 1 amide bonds. The number of para-hydroxylation sites is 1. The molecule has 0 atom stereocenters. The number of nitrogens with one attached hydrogen (secondary N) is 1. The molecule has 0 aromatic heterocycles. The average Bonchev–Trinajstić information content (AvgIpc) is 2.49. The van der Waals surface area contributed by atoms with Crippen LogP contribution < -0.4 is 5.32 Å². The summed E-state index contributed by atoms with van der Waals surface area (Å²) in [6.45, 7) is 2.76. The summed E-state index contributed by atoms with van der Waals surface area (Å²) in [5.41, 5.74) is 3.56. The molecule has 0 radical (unpaired) electrons. The fourth-order valence-electron chi connectivity index (χ4n) is 1.58. The molecule has 1 rings (SSSR count). The number of hydrogen-bond donors (Lipinski definition) is 1. The van der Waals surface area contributed by atoms with Crippen molar-refractivity contribution in [3.63, 3.8) is 0 Å². The number of methoxy groups -OCH3 is 1. The van der Waals surface area contributed by atoms with Crippen LogP contribution in [0.4, 0.5) is 5.69 Å². The Morgan fingerprint density at radius 3 is 2.90 bits per heavy atom. The number of halogens is 1. The molecule has 112 valence electrons. The third kappa shape index (κ3) is 6.38. The molecular formula is C16H19ClN2O2. The Balaban J connectivity index is 2.68. The molecule has 1 aromatic carbocycles. The fourth-order valence-corrected chi connectivity index (χ4v) is 1.68. The molecule has 5 heteroatoms. The van der Waals surface area contributed by atoms with E-state index >= 15 is 0 Å². The largest absolute Gasteiger partial charge is 0.383 e. The van der Waals surface area contributed by atoms with Crippen molar-refractivity contribution < 1.29 is 9.53 Å². The van der Waals surface area contributed by atoms with Gasteiger partial charge in [0, 0.05) is 24.8 Å². The average molecular weight is 307 g/mol. The molecular weight excluding hydrogens is 288 g/mol. The van der Waals surface area contributed by atoms with E-state index in [1.54, 1.807) is 20.1 Å². The first-order valence-electron chi connectivity index (χ1n) is 6.53. The van der Waals surface area contributed by atoms with Crippen LogP contribution in [0.2, 0.25) is 0 Å². The van der Waals surface area contributed by atoms with Crippen LogP contribution in [0.1, 0.15) is 12.5 Å². The maximum Gasteiger partial charge on any atom is 0.246 e. The Bertz CT molecular complexity index is 551. The number of amides is 1. The van der Waals surface area contributed by atoms with Gasteiger partial charge in [0.05, 0.1) is 18.0 Å². The van der Waals surface area contributed by atoms with Gasteiger partial charge < -0.3 is 10.1 Å². The lowest BCUT2D eigenvalue weighted by molar-refractivity contribution is -0.117. The van der Waals surface area contributed by atoms with Crippen LogP contribution in [0.3, 0.4) is 0 Å². The van der Waals surface area contributed by atoms with Gasteiger partial charge in [0.15, 0.2) is 0 Å². The second kappa shape index (κ2) is 9.91. The predicted octanol–water partition coefficient (Wildman–Crippen LogP) is 3.31. The third-order valence-electron chi connectivity index (χ3n) is 2.70. The van der Waals surface area contributed by atoms with Crippen molar-refractivity contribution in [3.8, 4) is 0 Å². The topological polar surface area (TPSA) is 50.7 Å². The smallest absolute Gasteiger partial charge is 0.246 e. The van der Waals surface area contributed by atoms with E-state index in [1.807, 2.05) is 36.4 Å². The summed E-state index contributed by atoms with van der Waals surface area (Å²) in [7, 11) is 1.60. The molecule has 0 saturated carbocycles. The van der Waals surface area contributed by atoms with Gasteiger partial charge in [0.25, 0.3) is 0 Å². The summed E-state index contributed by atoms with van der Waals surface area (Å²) >= 11 is 5.50. The third-order valence-corrected chi connectivity index (χ3v) is 2.79. The number of hydrogen-bond acceptors (Lipinski definition) is 3. The summed E-state index contributed by atoms with van der Waals surface area (Å²) in [5, 5.41) is 2.76. The first kappa shape index (κ1) is 17.1. The van der Waals surface area contributed by atoms with Crippen molar-refractivity contribution in [2.24, 2.45) is 4.99 Å². The van der Waals surface area contributed by atoms with Crippen molar-refractivity contribution in [1.82, 2.24) is 5.32 Å². The van der Waals surface area contributed by atoms with Crippen LogP contribution in [-0.4, -0.2) is 31.8 Å². The zero-order valence-electron chi connectivity index (χ0n) is 12.2. The number of nitrogens with zero attached hydrogens (tertiary/aromatic N) is 1. The quantitative estimate of drug-likeness (QED) is 0.364. The van der Waals surface area contributed by atoms with Gasteiger partial charge in [-0.15, -0.1) is 0 Å². The molecule has 1 aromatic rings. The normalized spacial score (nSPS) is 12.2. The summed E-state index contributed by atoms with van der Waals surface area (Å²) in [6, 6.07) is 7.60. The minimum atomic E-state index is -0.108. The maximum atomic E-state index is 11.7. The molecule has 0 aliphatic heterocycles. The van der Waals surface area contributed by atoms with Gasteiger partial charge in [-0.3, -0.25) is 4.79 Å². The number of aliphatic imine (C=N–C) groups is 1. The van der Waals surface area contributed by atoms with Gasteiger partial charge in [-0.1, -0.05) is 48.0 Å². The van der Waals surface area contributed by atoms with Crippen LogP contribution >= 0.6 is 11.6 Å². The van der Waals surface area contributed by atoms with E-state index in [4.69, 9.17) is 16.3 Å². The van der Waals surface area contributed by atoms with E-state index in [0.717, 1.165) is 11.3 Å². The standard InChI is InChI=1S/C16H19ClN2O2/c1-13(16(20)18-10-11-21-2)6-5-8-14-7-3-4-9-15(14)19-12-17/h3-9,12H,10-11H2,1-2H3,(H,18,20)/b8-5+,13-6-,19-12+. The second-order valence-electron chi connectivity index (χ2n) is 4.24. The van der Waals surface area contributed by atoms with E-state index < -0.39 is 0 Å². The number of carbonyl (C=O) groups is 1. The molecule has 0 aliphatic rings. The minimum Gasteiger partial charge on any atom is -0.383 e. The first-order valence-corrected chi connectivity index (χ1v) is 6.96. The molecule has 0 aliphatic carbocycles. The van der Waals surface area contributed by atoms with Crippen LogP contribution in [0, 0.1) is 0 Å². The van der Waals surface area contributed by atoms with Crippen LogP contribution in [0.15, 0.2) is 47.0 Å². The Morgan fingerprint density at radius 2 is 2.19 bits per heavy atom. The van der Waals surface area contributed by atoms with Gasteiger partial charge in [-0.25, -0.2) is 4.99 Å². The Hall–Kier alpha value is -1.91. The van der Waals surface area contributed by atoms with Crippen LogP contribution in [-0.2, 0) is 9.53 Å². The highest BCUT2D eigenvalue weighted by Gasteiger charge is 2.01. The van der Waals surface area contributed by atoms with E-state index in [2.05, 4.69) is 10.3 Å². The van der Waals surface area contributed by atoms with Crippen LogP contribution in [0.5, 0.6) is 0 Å². The predicted molar refractivity (Wildman–Crippen MR) is 88.1 cm³/mol. The lowest BCUT2D eigenvalue weighted by Crippen LogP contribution is -2.27. The SMILES string of the molecule is COCCNC(=O)/C(C)=C\C=C\c1ccccc1/N=C/Cl. The number of benzene rings is 1. The van der Waals surface area contributed by atoms with E-state index in [1.165, 1.54) is 5.67 Å². The number of allylic oxidation sites excluding steroid dienone is 2. The Labute approximate surface area is 130 Å². The highest BCUT2D eigenvalue weighted by atomic mass is 35.5. The molecule has 0 bridgehead atoms. The molecule has 1 N–H and O–H groups in total. The minimum absolute atomic E-state index is 0.108. The van der Waals surface area contributed by atoms with Gasteiger partial charge >= 0.3 is 0 Å². The zero-order valence-corrected chi connectivity index (χ0v) is 12.9. The molecule has 0 saturated heterocycles. The zero-order chi connectivity index (χ0) is 15.5. The van der Waals surface area contributed by atoms with Crippen molar-refractivity contribution >= 4 is 34.9 Å². The van der Waals surface area contributed by atoms with Crippen molar-refractivity contribution in [2.45, 2.75) is 6.92 Å². The summed E-state index contributed by atoms with van der Waals surface area (Å²) in [4.78, 5) is 15.8. The molecule has 0 unspecified atom stereocenters. The van der Waals surface area contributed by atoms with Gasteiger partial charge in [-0.05, 0) is 13.0 Å². The number of rotatable bonds is 7. The second-order valence-corrected chi connectivity index (χ2v) is 4.44. The summed E-state index contributed by atoms with van der Waals surface area (Å²) in [6.07, 6.45) is 5.45. The summed E-state index contributed by atoms with van der Waals surface area (Å²) in [5.74, 6) is -0.108. The Morgan fingerprint density at radius 1 is 1.43 bits per heavy atom. The number of ether oxygens (including phenoxy) is 1. The van der Waals surface area contributed by atoms with Gasteiger partial charge in [-0.2, -0.15) is 0 Å². The molecule has 21 heavy (non-hydrogen) atoms. The summed E-state index contributed by atoms with van der Waals surface area (Å²) < 4.78 is 4.87. The maximum absolute atomic E-state index is 11.7. The van der Waals surface area contributed by atoms with Crippen molar-refractivity contribution in [1.29, 1.82) is 0 Å². The molecule has 0 spiro atoms. The van der Waals surface area contributed by atoms with E-state index in [0.29, 0.717) is 18.7 Å². The molecule has 0 fully saturated rings. The van der Waals surface area contributed by atoms with Crippen molar-refractivity contribution in [2.75, 3.05) is 20.3 Å². The first-order chi connectivity index (χ1) is 10.2. The Kier molecular flexibility index (Phi) is 8.09. The van der Waals surface area contributed by atoms with Gasteiger partial charge in [0.1, 0.15) is 0 Å². The lowest BCUT2D eigenvalue weighted by Gasteiger charge is -2.03. The highest BCUT2D eigenvalue weighted by Crippen LogP contribution is 2.19. The van der Waals surface area contributed by atoms with E-state index in [-0.39, 0.29) is 5.91 Å². The van der Waals surface area contributed by atoms with E-state index in [9.17, 15) is 4.79 Å². The van der Waals surface area contributed by atoms with Crippen LogP contribution in [0.25, 0.3) is 6.08 Å². The monoisotopic (exact) mass is 306 g/mol. The molecule has 4 nitrogen and oxygen atoms in total. The lowest BCUT2D eigenvalue weighted by atomic mass is 10.1. The number of carbonyl (C=O) groups excluding carboxylic acids is 1. The highest BCUT2D eigenvalue weighted by molar-refractivity contribution is 6.56.